The molecule has 0 aromatic heterocycles. The molecule has 5 unspecified atom stereocenters. The fourth-order valence-corrected chi connectivity index (χ4v) is 5.10. The molecule has 13 heteroatoms. The molecular formula is C29H42N4O9. The minimum absolute atomic E-state index is 0.0325. The molecule has 42 heavy (non-hydrogen) atoms. The molecule has 0 spiro atoms. The van der Waals surface area contributed by atoms with Gasteiger partial charge in [0.05, 0.1) is 11.8 Å². The zero-order valence-electron chi connectivity index (χ0n) is 24.5. The highest BCUT2D eigenvalue weighted by molar-refractivity contribution is 6.07. The van der Waals surface area contributed by atoms with Crippen LogP contribution in [0.15, 0.2) is 18.2 Å². The first-order valence-electron chi connectivity index (χ1n) is 14.3. The Labute approximate surface area is 245 Å². The van der Waals surface area contributed by atoms with E-state index in [1.807, 2.05) is 19.9 Å². The van der Waals surface area contributed by atoms with Gasteiger partial charge in [-0.2, -0.15) is 0 Å². The van der Waals surface area contributed by atoms with Crippen LogP contribution in [-0.2, 0) is 35.1 Å². The fourth-order valence-electron chi connectivity index (χ4n) is 5.10. The number of amides is 4. The van der Waals surface area contributed by atoms with Gasteiger partial charge >= 0.3 is 5.97 Å². The van der Waals surface area contributed by atoms with Crippen LogP contribution in [0.2, 0.25) is 0 Å². The lowest BCUT2D eigenvalue weighted by atomic mass is 9.94. The van der Waals surface area contributed by atoms with E-state index in [9.17, 15) is 34.2 Å². The molecule has 0 aliphatic carbocycles. The van der Waals surface area contributed by atoms with Crippen LogP contribution in [0.1, 0.15) is 58.9 Å². The summed E-state index contributed by atoms with van der Waals surface area (Å²) in [5.41, 5.74) is 7.01. The average molecular weight is 591 g/mol. The number of aliphatic hydroxyl groups excluding tert-OH is 1. The Morgan fingerprint density at radius 3 is 2.48 bits per heavy atom. The lowest BCUT2D eigenvalue weighted by Crippen LogP contribution is -2.53. The molecule has 232 valence electrons. The van der Waals surface area contributed by atoms with Crippen molar-refractivity contribution >= 4 is 35.3 Å². The number of ether oxygens (including phenoxy) is 2. The zero-order valence-corrected chi connectivity index (χ0v) is 24.5. The van der Waals surface area contributed by atoms with Crippen LogP contribution in [-0.4, -0.2) is 82.3 Å². The second-order valence-electron chi connectivity index (χ2n) is 11.6. The van der Waals surface area contributed by atoms with Crippen molar-refractivity contribution in [2.24, 2.45) is 23.5 Å². The van der Waals surface area contributed by atoms with E-state index in [-0.39, 0.29) is 50.4 Å². The topological polar surface area (TPSA) is 198 Å². The summed E-state index contributed by atoms with van der Waals surface area (Å²) < 4.78 is 11.4. The summed E-state index contributed by atoms with van der Waals surface area (Å²) in [6.45, 7) is 7.45. The molecule has 13 nitrogen and oxygen atoms in total. The number of hydrogen-bond acceptors (Lipinski definition) is 9. The second kappa shape index (κ2) is 14.6. The number of likely N-dealkylation sites (tertiary alicyclic amines) is 1. The van der Waals surface area contributed by atoms with Gasteiger partial charge in [-0.3, -0.25) is 24.1 Å². The number of aliphatic hydroxyl groups is 1. The van der Waals surface area contributed by atoms with E-state index < -0.39 is 60.1 Å². The molecule has 0 bridgehead atoms. The predicted molar refractivity (Wildman–Crippen MR) is 151 cm³/mol. The van der Waals surface area contributed by atoms with Gasteiger partial charge in [-0.25, -0.2) is 4.79 Å². The molecule has 3 rings (SSSR count). The van der Waals surface area contributed by atoms with Gasteiger partial charge in [0.2, 0.25) is 29.9 Å². The summed E-state index contributed by atoms with van der Waals surface area (Å²) in [6, 6.07) is 4.07. The number of anilines is 1. The Kier molecular flexibility index (Phi) is 11.4. The number of carboxylic acids is 1. The second-order valence-corrected chi connectivity index (χ2v) is 11.6. The van der Waals surface area contributed by atoms with E-state index in [4.69, 9.17) is 15.2 Å². The van der Waals surface area contributed by atoms with Crippen LogP contribution in [0.3, 0.4) is 0 Å². The molecule has 2 saturated heterocycles. The first kappa shape index (κ1) is 33.0. The average Bonchev–Trinajstić information content (AvgIpc) is 3.19. The van der Waals surface area contributed by atoms with Crippen molar-refractivity contribution in [1.82, 2.24) is 10.2 Å². The number of rotatable bonds is 13. The van der Waals surface area contributed by atoms with Crippen LogP contribution in [0, 0.1) is 17.8 Å². The first-order chi connectivity index (χ1) is 19.8. The molecule has 2 fully saturated rings. The number of carboxylic acid groups (broad SMARTS) is 1. The Hall–Kier alpha value is -3.55. The molecule has 1 aromatic carbocycles. The number of aliphatic carboxylic acids is 1. The van der Waals surface area contributed by atoms with E-state index in [2.05, 4.69) is 24.5 Å². The third-order valence-corrected chi connectivity index (χ3v) is 7.27. The van der Waals surface area contributed by atoms with E-state index in [0.29, 0.717) is 11.6 Å². The van der Waals surface area contributed by atoms with Crippen LogP contribution in [0.4, 0.5) is 5.69 Å². The Bertz CT molecular complexity index is 1170. The number of nitrogens with two attached hydrogens (primary N) is 1. The Morgan fingerprint density at radius 1 is 1.17 bits per heavy atom. The lowest BCUT2D eigenvalue weighted by molar-refractivity contribution is -0.195. The van der Waals surface area contributed by atoms with Crippen LogP contribution in [0.25, 0.3) is 0 Å². The van der Waals surface area contributed by atoms with Gasteiger partial charge < -0.3 is 36.1 Å². The number of nitrogens with zero attached hydrogens (tertiary/aromatic N) is 1. The van der Waals surface area contributed by atoms with Crippen molar-refractivity contribution in [3.63, 3.8) is 0 Å². The van der Waals surface area contributed by atoms with Gasteiger partial charge in [-0.15, -0.1) is 0 Å². The first-order valence-corrected chi connectivity index (χ1v) is 14.3. The molecule has 4 amide bonds. The van der Waals surface area contributed by atoms with Gasteiger partial charge in [0, 0.05) is 44.7 Å². The Morgan fingerprint density at radius 2 is 1.88 bits per heavy atom. The highest BCUT2D eigenvalue weighted by Gasteiger charge is 2.45. The van der Waals surface area contributed by atoms with Crippen molar-refractivity contribution in [2.75, 3.05) is 18.4 Å². The highest BCUT2D eigenvalue weighted by atomic mass is 16.7. The maximum atomic E-state index is 12.9. The summed E-state index contributed by atoms with van der Waals surface area (Å²) >= 11 is 0. The number of imide groups is 1. The van der Waals surface area contributed by atoms with E-state index in [0.717, 1.165) is 16.9 Å². The van der Waals surface area contributed by atoms with Crippen molar-refractivity contribution in [1.29, 1.82) is 0 Å². The number of carbonyl (C=O) groups is 5. The molecule has 2 aliphatic heterocycles. The molecule has 6 N–H and O–H groups in total. The number of carbonyl (C=O) groups excluding carboxylic acids is 4. The van der Waals surface area contributed by atoms with Gasteiger partial charge in [0.1, 0.15) is 11.8 Å². The van der Waals surface area contributed by atoms with Gasteiger partial charge in [-0.05, 0) is 36.0 Å². The van der Waals surface area contributed by atoms with E-state index in [1.165, 1.54) is 0 Å². The monoisotopic (exact) mass is 590 g/mol. The minimum atomic E-state index is -1.22. The number of benzene rings is 1. The third-order valence-electron chi connectivity index (χ3n) is 7.27. The SMILES string of the molecule is CC(C)Cc1ccc(OC2CC(O)CC(C(=O)O)O2)c(NC(=O)CCNC(=O)C(CN)N2C(=O)CC(C(C)C)C2=O)c1. The lowest BCUT2D eigenvalue weighted by Gasteiger charge is -2.31. The van der Waals surface area contributed by atoms with Gasteiger partial charge in [0.15, 0.2) is 6.10 Å². The number of nitrogens with one attached hydrogen (secondary N) is 2. The van der Waals surface area contributed by atoms with Crippen LogP contribution >= 0.6 is 0 Å². The minimum Gasteiger partial charge on any atom is -0.479 e. The quantitative estimate of drug-likeness (QED) is 0.207. The molecule has 2 aliphatic rings. The van der Waals surface area contributed by atoms with E-state index in [1.54, 1.807) is 12.1 Å². The summed E-state index contributed by atoms with van der Waals surface area (Å²) in [5.74, 6) is -3.13. The molecule has 0 radical (unpaired) electrons. The zero-order chi connectivity index (χ0) is 31.1. The summed E-state index contributed by atoms with van der Waals surface area (Å²) in [5, 5.41) is 24.8. The molecular weight excluding hydrogens is 548 g/mol. The number of hydrogen-bond donors (Lipinski definition) is 5. The molecule has 0 saturated carbocycles. The Balaban J connectivity index is 1.64. The summed E-state index contributed by atoms with van der Waals surface area (Å²) in [4.78, 5) is 63.2. The summed E-state index contributed by atoms with van der Waals surface area (Å²) in [7, 11) is 0. The predicted octanol–water partition coefficient (Wildman–Crippen LogP) is 1.02. The standard InChI is InChI=1S/C29H42N4O9/c1-15(2)9-17-5-6-22(41-26-12-18(34)11-23(42-26)29(39)40)20(10-17)32-24(35)7-8-31-27(37)21(14-30)33-25(36)13-19(16(3)4)28(33)38/h5-6,10,15-16,18-19,21,23,26,34H,7-9,11-14,30H2,1-4H3,(H,31,37)(H,32,35)(H,39,40). The van der Waals surface area contributed by atoms with Crippen molar-refractivity contribution < 1.29 is 43.7 Å². The van der Waals surface area contributed by atoms with Crippen molar-refractivity contribution in [3.8, 4) is 5.75 Å². The smallest absolute Gasteiger partial charge is 0.333 e. The maximum absolute atomic E-state index is 12.9. The van der Waals surface area contributed by atoms with E-state index >= 15 is 0 Å². The van der Waals surface area contributed by atoms with Gasteiger partial charge in [0.25, 0.3) is 0 Å². The summed E-state index contributed by atoms with van der Waals surface area (Å²) in [6.07, 6.45) is -2.56. The third kappa shape index (κ3) is 8.49. The largest absolute Gasteiger partial charge is 0.479 e. The highest BCUT2D eigenvalue weighted by Crippen LogP contribution is 2.31. The van der Waals surface area contributed by atoms with Crippen molar-refractivity contribution in [2.45, 2.75) is 84.3 Å². The van der Waals surface area contributed by atoms with Crippen molar-refractivity contribution in [3.05, 3.63) is 23.8 Å². The maximum Gasteiger partial charge on any atom is 0.333 e. The van der Waals surface area contributed by atoms with Crippen LogP contribution in [0.5, 0.6) is 5.75 Å². The fraction of sp³-hybridized carbons (Fsp3) is 0.621. The normalized spacial score (nSPS) is 23.3. The van der Waals surface area contributed by atoms with Gasteiger partial charge in [-0.1, -0.05) is 33.8 Å². The molecule has 1 aromatic rings. The van der Waals surface area contributed by atoms with Crippen LogP contribution < -0.4 is 21.1 Å². The molecule has 2 heterocycles. The molecule has 5 atom stereocenters.